The molecule has 1 aliphatic rings. The average molecular weight is 302 g/mol. The van der Waals surface area contributed by atoms with Crippen LogP contribution in [0.4, 0.5) is 0 Å². The number of aromatic amines is 1. The number of H-pyrrole nitrogens is 1. The Labute approximate surface area is 137 Å². The number of rotatable bonds is 4. The molecule has 0 aliphatic carbocycles. The van der Waals surface area contributed by atoms with Crippen molar-refractivity contribution >= 4 is 17.0 Å². The zero-order valence-corrected chi connectivity index (χ0v) is 13.3. The molecule has 4 rings (SSSR count). The van der Waals surface area contributed by atoms with Gasteiger partial charge in [-0.05, 0) is 66.3 Å². The summed E-state index contributed by atoms with van der Waals surface area (Å²) in [6.07, 6.45) is 7.76. The Hall–Kier alpha value is -2.32. The van der Waals surface area contributed by atoms with E-state index in [4.69, 9.17) is 0 Å². The van der Waals surface area contributed by atoms with Crippen molar-refractivity contribution in [3.05, 3.63) is 66.4 Å². The van der Waals surface area contributed by atoms with Gasteiger partial charge in [-0.2, -0.15) is 0 Å². The van der Waals surface area contributed by atoms with Gasteiger partial charge in [-0.15, -0.1) is 0 Å². The molecule has 2 N–H and O–H groups in total. The summed E-state index contributed by atoms with van der Waals surface area (Å²) in [6, 6.07) is 15.9. The van der Waals surface area contributed by atoms with Crippen LogP contribution in [0.25, 0.3) is 28.1 Å². The predicted octanol–water partition coefficient (Wildman–Crippen LogP) is 4.77. The standard InChI is InChI=1S/C21H22N2/c1-2-15-5-3-6-16(11-15)17-8-9-21-20(13-17)18(14-23-21)12-19-7-4-10-22-19/h2-3,5-6,8-9,11,13-14,19,22-23H,1,4,7,10,12H2/t19-/m1/s1. The largest absolute Gasteiger partial charge is 0.361 e. The van der Waals surface area contributed by atoms with Gasteiger partial charge in [0.25, 0.3) is 0 Å². The van der Waals surface area contributed by atoms with E-state index >= 15 is 0 Å². The first-order chi connectivity index (χ1) is 11.3. The first-order valence-electron chi connectivity index (χ1n) is 8.40. The van der Waals surface area contributed by atoms with Crippen molar-refractivity contribution in [1.82, 2.24) is 10.3 Å². The number of fused-ring (bicyclic) bond motifs is 1. The van der Waals surface area contributed by atoms with E-state index in [-0.39, 0.29) is 0 Å². The second kappa shape index (κ2) is 6.05. The monoisotopic (exact) mass is 302 g/mol. The van der Waals surface area contributed by atoms with Crippen molar-refractivity contribution in [3.8, 4) is 11.1 Å². The van der Waals surface area contributed by atoms with Gasteiger partial charge in [0.2, 0.25) is 0 Å². The Bertz CT molecular complexity index is 838. The Balaban J connectivity index is 1.72. The van der Waals surface area contributed by atoms with Gasteiger partial charge in [-0.1, -0.05) is 36.9 Å². The number of nitrogens with one attached hydrogen (secondary N) is 2. The molecule has 116 valence electrons. The summed E-state index contributed by atoms with van der Waals surface area (Å²) in [5.74, 6) is 0. The van der Waals surface area contributed by atoms with Gasteiger partial charge in [0, 0.05) is 23.1 Å². The fraction of sp³-hybridized carbons (Fsp3) is 0.238. The lowest BCUT2D eigenvalue weighted by Gasteiger charge is -2.09. The average Bonchev–Trinajstić information content (AvgIpc) is 3.25. The highest BCUT2D eigenvalue weighted by Crippen LogP contribution is 2.28. The van der Waals surface area contributed by atoms with E-state index < -0.39 is 0 Å². The SMILES string of the molecule is C=Cc1cccc(-c2ccc3[nH]cc(C[C@H]4CCCN4)c3c2)c1. The normalized spacial score (nSPS) is 17.7. The molecular formula is C21H22N2. The van der Waals surface area contributed by atoms with Crippen molar-refractivity contribution in [3.63, 3.8) is 0 Å². The summed E-state index contributed by atoms with van der Waals surface area (Å²) in [4.78, 5) is 3.42. The predicted molar refractivity (Wildman–Crippen MR) is 98.6 cm³/mol. The maximum absolute atomic E-state index is 3.87. The number of benzene rings is 2. The van der Waals surface area contributed by atoms with E-state index in [1.54, 1.807) is 0 Å². The van der Waals surface area contributed by atoms with Gasteiger partial charge >= 0.3 is 0 Å². The minimum Gasteiger partial charge on any atom is -0.361 e. The second-order valence-electron chi connectivity index (χ2n) is 6.40. The first-order valence-corrected chi connectivity index (χ1v) is 8.40. The summed E-state index contributed by atoms with van der Waals surface area (Å²) >= 11 is 0. The van der Waals surface area contributed by atoms with E-state index in [0.717, 1.165) is 18.5 Å². The van der Waals surface area contributed by atoms with Crippen molar-refractivity contribution in [2.45, 2.75) is 25.3 Å². The molecule has 2 heteroatoms. The quantitative estimate of drug-likeness (QED) is 0.713. The molecule has 23 heavy (non-hydrogen) atoms. The Morgan fingerprint density at radius 3 is 2.87 bits per heavy atom. The molecule has 2 nitrogen and oxygen atoms in total. The molecule has 1 atom stereocenters. The summed E-state index contributed by atoms with van der Waals surface area (Å²) in [6.45, 7) is 5.03. The molecule has 2 aromatic carbocycles. The zero-order valence-electron chi connectivity index (χ0n) is 13.3. The van der Waals surface area contributed by atoms with Crippen molar-refractivity contribution < 1.29 is 0 Å². The van der Waals surface area contributed by atoms with Gasteiger partial charge in [0.05, 0.1) is 0 Å². The van der Waals surface area contributed by atoms with E-state index in [9.17, 15) is 0 Å². The van der Waals surface area contributed by atoms with Crippen LogP contribution in [0.5, 0.6) is 0 Å². The van der Waals surface area contributed by atoms with Crippen LogP contribution in [0.3, 0.4) is 0 Å². The summed E-state index contributed by atoms with van der Waals surface area (Å²) in [7, 11) is 0. The van der Waals surface area contributed by atoms with Crippen LogP contribution >= 0.6 is 0 Å². The van der Waals surface area contributed by atoms with Crippen LogP contribution in [0, 0.1) is 0 Å². The van der Waals surface area contributed by atoms with Crippen LogP contribution < -0.4 is 5.32 Å². The molecular weight excluding hydrogens is 280 g/mol. The van der Waals surface area contributed by atoms with Crippen molar-refractivity contribution in [2.75, 3.05) is 6.54 Å². The highest BCUT2D eigenvalue weighted by Gasteiger charge is 2.16. The van der Waals surface area contributed by atoms with Crippen LogP contribution in [0.1, 0.15) is 24.0 Å². The van der Waals surface area contributed by atoms with Crippen LogP contribution in [-0.2, 0) is 6.42 Å². The molecule has 0 saturated carbocycles. The molecule has 1 saturated heterocycles. The van der Waals surface area contributed by atoms with Crippen LogP contribution in [0.2, 0.25) is 0 Å². The third-order valence-corrected chi connectivity index (χ3v) is 4.85. The lowest BCUT2D eigenvalue weighted by atomic mass is 9.98. The lowest BCUT2D eigenvalue weighted by Crippen LogP contribution is -2.23. The number of hydrogen-bond donors (Lipinski definition) is 2. The molecule has 0 radical (unpaired) electrons. The van der Waals surface area contributed by atoms with E-state index in [1.165, 1.54) is 40.4 Å². The van der Waals surface area contributed by atoms with Gasteiger partial charge in [-0.3, -0.25) is 0 Å². The third-order valence-electron chi connectivity index (χ3n) is 4.85. The van der Waals surface area contributed by atoms with Crippen LogP contribution in [-0.4, -0.2) is 17.6 Å². The second-order valence-corrected chi connectivity index (χ2v) is 6.40. The third kappa shape index (κ3) is 2.82. The van der Waals surface area contributed by atoms with Crippen molar-refractivity contribution in [2.24, 2.45) is 0 Å². The molecule has 3 aromatic rings. The molecule has 0 unspecified atom stereocenters. The van der Waals surface area contributed by atoms with E-state index in [1.807, 2.05) is 6.08 Å². The molecule has 0 spiro atoms. The minimum absolute atomic E-state index is 0.627. The maximum atomic E-state index is 3.87. The minimum atomic E-state index is 0.627. The fourth-order valence-electron chi connectivity index (χ4n) is 3.57. The Morgan fingerprint density at radius 1 is 1.13 bits per heavy atom. The highest BCUT2D eigenvalue weighted by molar-refractivity contribution is 5.88. The van der Waals surface area contributed by atoms with E-state index in [2.05, 4.69) is 65.5 Å². The molecule has 0 bridgehead atoms. The number of aromatic nitrogens is 1. The van der Waals surface area contributed by atoms with Gasteiger partial charge < -0.3 is 10.3 Å². The molecule has 1 aliphatic heterocycles. The highest BCUT2D eigenvalue weighted by atomic mass is 14.9. The lowest BCUT2D eigenvalue weighted by molar-refractivity contribution is 0.605. The molecule has 2 heterocycles. The fourth-order valence-corrected chi connectivity index (χ4v) is 3.57. The topological polar surface area (TPSA) is 27.8 Å². The summed E-state index contributed by atoms with van der Waals surface area (Å²) in [5, 5.41) is 4.94. The smallest absolute Gasteiger partial charge is 0.0457 e. The molecule has 0 amide bonds. The maximum Gasteiger partial charge on any atom is 0.0457 e. The number of hydrogen-bond acceptors (Lipinski definition) is 1. The van der Waals surface area contributed by atoms with Crippen LogP contribution in [0.15, 0.2) is 55.2 Å². The van der Waals surface area contributed by atoms with Gasteiger partial charge in [-0.25, -0.2) is 0 Å². The summed E-state index contributed by atoms with van der Waals surface area (Å²) in [5.41, 5.74) is 6.31. The molecule has 1 aromatic heterocycles. The Kier molecular flexibility index (Phi) is 3.76. The van der Waals surface area contributed by atoms with Gasteiger partial charge in [0.15, 0.2) is 0 Å². The van der Waals surface area contributed by atoms with Crippen molar-refractivity contribution in [1.29, 1.82) is 0 Å². The van der Waals surface area contributed by atoms with E-state index in [0.29, 0.717) is 6.04 Å². The zero-order chi connectivity index (χ0) is 15.6. The first kappa shape index (κ1) is 14.3. The Morgan fingerprint density at radius 2 is 2.04 bits per heavy atom. The summed E-state index contributed by atoms with van der Waals surface area (Å²) < 4.78 is 0. The molecule has 1 fully saturated rings. The van der Waals surface area contributed by atoms with Gasteiger partial charge in [0.1, 0.15) is 0 Å².